The zero-order chi connectivity index (χ0) is 23.0. The number of carboxylic acid groups (broad SMARTS) is 1. The van der Waals surface area contributed by atoms with Crippen LogP contribution in [0.1, 0.15) is 21.7 Å². The Hall–Kier alpha value is -2.71. The molecule has 1 aliphatic rings. The second-order valence-corrected chi connectivity index (χ2v) is 8.95. The van der Waals surface area contributed by atoms with Gasteiger partial charge in [-0.15, -0.1) is 0 Å². The highest BCUT2D eigenvalue weighted by Gasteiger charge is 2.35. The van der Waals surface area contributed by atoms with Crippen LogP contribution in [0.2, 0.25) is 15.1 Å². The summed E-state index contributed by atoms with van der Waals surface area (Å²) in [5.41, 5.74) is 1.05. The molecule has 0 saturated carbocycles. The first-order valence-corrected chi connectivity index (χ1v) is 11.0. The number of halogens is 3. The van der Waals surface area contributed by atoms with Crippen molar-refractivity contribution in [3.8, 4) is 11.3 Å². The lowest BCUT2D eigenvalue weighted by Crippen LogP contribution is -2.27. The van der Waals surface area contributed by atoms with Crippen LogP contribution in [-0.4, -0.2) is 27.1 Å². The van der Waals surface area contributed by atoms with E-state index in [0.29, 0.717) is 32.7 Å². The number of nitrogens with zero attached hydrogens (tertiary/aromatic N) is 1. The first kappa shape index (κ1) is 22.5. The highest BCUT2D eigenvalue weighted by molar-refractivity contribution is 8.18. The Balaban J connectivity index is 1.56. The number of carbonyl (C=O) groups excluding carboxylic acids is 2. The Morgan fingerprint density at radius 2 is 1.81 bits per heavy atom. The van der Waals surface area contributed by atoms with Crippen LogP contribution in [0.3, 0.4) is 0 Å². The predicted molar refractivity (Wildman–Crippen MR) is 124 cm³/mol. The predicted octanol–water partition coefficient (Wildman–Crippen LogP) is 6.84. The Morgan fingerprint density at radius 1 is 1.03 bits per heavy atom. The SMILES string of the molecule is O=C(O)c1cc(-c2ccc(/C=C3/SC(=O)N(Cc4ccc(Cl)cc4Cl)C3=O)o2)ccc1Cl. The van der Waals surface area contributed by atoms with E-state index in [-0.39, 0.29) is 22.0 Å². The minimum Gasteiger partial charge on any atom is -0.478 e. The molecule has 1 aliphatic heterocycles. The van der Waals surface area contributed by atoms with E-state index >= 15 is 0 Å². The van der Waals surface area contributed by atoms with Crippen LogP contribution >= 0.6 is 46.6 Å². The molecule has 0 spiro atoms. The Morgan fingerprint density at radius 3 is 2.53 bits per heavy atom. The molecule has 0 radical (unpaired) electrons. The van der Waals surface area contributed by atoms with E-state index in [9.17, 15) is 19.5 Å². The van der Waals surface area contributed by atoms with E-state index in [2.05, 4.69) is 0 Å². The maximum absolute atomic E-state index is 12.8. The van der Waals surface area contributed by atoms with E-state index in [1.807, 2.05) is 0 Å². The number of benzene rings is 2. The molecule has 2 heterocycles. The van der Waals surface area contributed by atoms with Gasteiger partial charge in [0.2, 0.25) is 0 Å². The van der Waals surface area contributed by atoms with Crippen LogP contribution in [0.4, 0.5) is 4.79 Å². The molecule has 4 rings (SSSR count). The fraction of sp³-hybridized carbons (Fsp3) is 0.0455. The molecular formula is C22H12Cl3NO5S. The Bertz CT molecular complexity index is 1300. The van der Waals surface area contributed by atoms with Crippen molar-refractivity contribution in [1.29, 1.82) is 0 Å². The summed E-state index contributed by atoms with van der Waals surface area (Å²) in [5.74, 6) is -0.897. The molecule has 1 saturated heterocycles. The average molecular weight is 509 g/mol. The second-order valence-electron chi connectivity index (χ2n) is 6.71. The number of thioether (sulfide) groups is 1. The van der Waals surface area contributed by atoms with Crippen molar-refractivity contribution >= 4 is 69.8 Å². The zero-order valence-electron chi connectivity index (χ0n) is 16.0. The van der Waals surface area contributed by atoms with Gasteiger partial charge in [-0.05, 0) is 59.8 Å². The standard InChI is InChI=1S/C22H12Cl3NO5S/c23-13-3-1-12(17(25)8-13)10-26-20(27)19(32-22(26)30)9-14-4-6-18(31-14)11-2-5-16(24)15(7-11)21(28)29/h1-9H,10H2,(H,28,29)/b19-9+. The molecule has 1 N–H and O–H groups in total. The van der Waals surface area contributed by atoms with E-state index in [4.69, 9.17) is 39.2 Å². The van der Waals surface area contributed by atoms with Crippen molar-refractivity contribution in [1.82, 2.24) is 4.90 Å². The smallest absolute Gasteiger partial charge is 0.337 e. The largest absolute Gasteiger partial charge is 0.478 e. The van der Waals surface area contributed by atoms with Crippen LogP contribution in [-0.2, 0) is 11.3 Å². The Labute approximate surface area is 201 Å². The van der Waals surface area contributed by atoms with Gasteiger partial charge in [-0.1, -0.05) is 40.9 Å². The quantitative estimate of drug-likeness (QED) is 0.380. The number of furan rings is 1. The molecule has 10 heteroatoms. The van der Waals surface area contributed by atoms with Gasteiger partial charge >= 0.3 is 5.97 Å². The monoisotopic (exact) mass is 507 g/mol. The molecule has 6 nitrogen and oxygen atoms in total. The fourth-order valence-electron chi connectivity index (χ4n) is 3.01. The highest BCUT2D eigenvalue weighted by atomic mass is 35.5. The van der Waals surface area contributed by atoms with Gasteiger partial charge in [-0.2, -0.15) is 0 Å². The molecule has 0 atom stereocenters. The van der Waals surface area contributed by atoms with Gasteiger partial charge in [0.25, 0.3) is 11.1 Å². The number of carboxylic acids is 1. The van der Waals surface area contributed by atoms with Crippen LogP contribution in [0.5, 0.6) is 0 Å². The minimum absolute atomic E-state index is 0.0180. The van der Waals surface area contributed by atoms with Crippen LogP contribution in [0.15, 0.2) is 57.9 Å². The van der Waals surface area contributed by atoms with E-state index in [0.717, 1.165) is 16.7 Å². The lowest BCUT2D eigenvalue weighted by Gasteiger charge is -2.13. The molecule has 0 aliphatic carbocycles. The molecule has 1 fully saturated rings. The van der Waals surface area contributed by atoms with Gasteiger partial charge in [0.1, 0.15) is 11.5 Å². The van der Waals surface area contributed by atoms with E-state index in [1.54, 1.807) is 36.4 Å². The molecule has 2 amide bonds. The summed E-state index contributed by atoms with van der Waals surface area (Å²) >= 11 is 18.7. The summed E-state index contributed by atoms with van der Waals surface area (Å²) in [7, 11) is 0. The van der Waals surface area contributed by atoms with Crippen molar-refractivity contribution in [3.63, 3.8) is 0 Å². The third-order valence-corrected chi connectivity index (χ3v) is 6.42. The van der Waals surface area contributed by atoms with Crippen LogP contribution in [0.25, 0.3) is 17.4 Å². The lowest BCUT2D eigenvalue weighted by molar-refractivity contribution is -0.123. The van der Waals surface area contributed by atoms with Crippen LogP contribution < -0.4 is 0 Å². The van der Waals surface area contributed by atoms with Crippen molar-refractivity contribution in [2.45, 2.75) is 6.54 Å². The number of amides is 2. The molecule has 1 aromatic heterocycles. The summed E-state index contributed by atoms with van der Waals surface area (Å²) in [5, 5.41) is 9.73. The third-order valence-electron chi connectivity index (χ3n) is 4.60. The maximum atomic E-state index is 12.8. The van der Waals surface area contributed by atoms with E-state index < -0.39 is 17.1 Å². The van der Waals surface area contributed by atoms with Gasteiger partial charge < -0.3 is 9.52 Å². The number of hydrogen-bond acceptors (Lipinski definition) is 5. The summed E-state index contributed by atoms with van der Waals surface area (Å²) in [4.78, 5) is 37.7. The van der Waals surface area contributed by atoms with Crippen molar-refractivity contribution in [2.24, 2.45) is 0 Å². The molecule has 0 bridgehead atoms. The van der Waals surface area contributed by atoms with Gasteiger partial charge in [0.15, 0.2) is 0 Å². The number of carbonyl (C=O) groups is 3. The molecule has 32 heavy (non-hydrogen) atoms. The number of hydrogen-bond donors (Lipinski definition) is 1. The first-order chi connectivity index (χ1) is 15.2. The maximum Gasteiger partial charge on any atom is 0.337 e. The number of aromatic carboxylic acids is 1. The van der Waals surface area contributed by atoms with Gasteiger partial charge in [-0.25, -0.2) is 4.79 Å². The van der Waals surface area contributed by atoms with E-state index in [1.165, 1.54) is 18.2 Å². The zero-order valence-corrected chi connectivity index (χ0v) is 19.1. The van der Waals surface area contributed by atoms with Crippen molar-refractivity contribution < 1.29 is 23.9 Å². The molecule has 0 unspecified atom stereocenters. The second kappa shape index (κ2) is 9.03. The highest BCUT2D eigenvalue weighted by Crippen LogP contribution is 2.35. The number of imide groups is 1. The lowest BCUT2D eigenvalue weighted by atomic mass is 10.1. The third kappa shape index (κ3) is 4.56. The summed E-state index contributed by atoms with van der Waals surface area (Å²) in [6.45, 7) is 0.0180. The summed E-state index contributed by atoms with van der Waals surface area (Å²) < 4.78 is 5.73. The van der Waals surface area contributed by atoms with Crippen molar-refractivity contribution in [3.05, 3.63) is 85.4 Å². The molecule has 3 aromatic rings. The summed E-state index contributed by atoms with van der Waals surface area (Å²) in [6.07, 6.45) is 1.46. The van der Waals surface area contributed by atoms with Crippen LogP contribution in [0, 0.1) is 0 Å². The average Bonchev–Trinajstić information content (AvgIpc) is 3.30. The number of rotatable bonds is 5. The fourth-order valence-corrected chi connectivity index (χ4v) is 4.50. The molecular weight excluding hydrogens is 497 g/mol. The normalized spacial score (nSPS) is 15.1. The topological polar surface area (TPSA) is 87.8 Å². The van der Waals surface area contributed by atoms with Crippen molar-refractivity contribution in [2.75, 3.05) is 0 Å². The first-order valence-electron chi connectivity index (χ1n) is 9.05. The van der Waals surface area contributed by atoms with Gasteiger partial charge in [0.05, 0.1) is 22.0 Å². The molecule has 2 aromatic carbocycles. The summed E-state index contributed by atoms with van der Waals surface area (Å²) in [6, 6.07) is 12.6. The minimum atomic E-state index is -1.15. The Kier molecular flexibility index (Phi) is 6.35. The van der Waals surface area contributed by atoms with Gasteiger partial charge in [-0.3, -0.25) is 14.5 Å². The molecule has 162 valence electrons. The van der Waals surface area contributed by atoms with Gasteiger partial charge in [0, 0.05) is 21.7 Å².